The minimum atomic E-state index is -0.367. The van der Waals surface area contributed by atoms with Crippen LogP contribution in [0.15, 0.2) is 72.2 Å². The zero-order valence-corrected chi connectivity index (χ0v) is 18.8. The van der Waals surface area contributed by atoms with Gasteiger partial charge >= 0.3 is 5.69 Å². The van der Waals surface area contributed by atoms with Crippen LogP contribution in [0.25, 0.3) is 16.9 Å². The van der Waals surface area contributed by atoms with Gasteiger partial charge in [-0.2, -0.15) is 4.98 Å². The lowest BCUT2D eigenvalue weighted by molar-refractivity contribution is -0.113. The van der Waals surface area contributed by atoms with Gasteiger partial charge in [0.05, 0.1) is 18.5 Å². The van der Waals surface area contributed by atoms with Crippen LogP contribution in [0, 0.1) is 0 Å². The van der Waals surface area contributed by atoms with E-state index in [2.05, 4.69) is 26.8 Å². The molecular formula is C24H24N6O4. The second kappa shape index (κ2) is 10.0. The summed E-state index contributed by atoms with van der Waals surface area (Å²) >= 11 is 0. The van der Waals surface area contributed by atoms with Gasteiger partial charge < -0.3 is 24.7 Å². The Morgan fingerprint density at radius 3 is 2.76 bits per heavy atom. The molecule has 0 fully saturated rings. The largest absolute Gasteiger partial charge is 0.491 e. The Labute approximate surface area is 195 Å². The van der Waals surface area contributed by atoms with Crippen molar-refractivity contribution in [2.45, 2.75) is 0 Å². The van der Waals surface area contributed by atoms with E-state index in [4.69, 9.17) is 9.47 Å². The fourth-order valence-corrected chi connectivity index (χ4v) is 3.31. The molecule has 2 aromatic carbocycles. The molecule has 10 heteroatoms. The van der Waals surface area contributed by atoms with Crippen LogP contribution in [0.5, 0.6) is 5.75 Å². The number of benzene rings is 2. The number of methoxy groups -OCH3 is 1. The molecular weight excluding hydrogens is 436 g/mol. The van der Waals surface area contributed by atoms with Gasteiger partial charge in [0.15, 0.2) is 5.65 Å². The van der Waals surface area contributed by atoms with Crippen molar-refractivity contribution in [1.29, 1.82) is 0 Å². The summed E-state index contributed by atoms with van der Waals surface area (Å²) in [6, 6.07) is 14.4. The number of rotatable bonds is 9. The molecule has 4 rings (SSSR count). The second-order valence-corrected chi connectivity index (χ2v) is 7.31. The van der Waals surface area contributed by atoms with Gasteiger partial charge in [0.2, 0.25) is 11.9 Å². The fourth-order valence-electron chi connectivity index (χ4n) is 3.31. The summed E-state index contributed by atoms with van der Waals surface area (Å²) in [7, 11) is 3.26. The minimum Gasteiger partial charge on any atom is -0.491 e. The molecule has 0 bridgehead atoms. The van der Waals surface area contributed by atoms with Crippen molar-refractivity contribution in [2.75, 3.05) is 37.6 Å². The predicted octanol–water partition coefficient (Wildman–Crippen LogP) is 3.03. The Kier molecular flexibility index (Phi) is 6.69. The third-order valence-corrected chi connectivity index (χ3v) is 5.07. The number of anilines is 3. The number of nitrogens with zero attached hydrogens (tertiary/aromatic N) is 4. The first-order chi connectivity index (χ1) is 16.5. The molecule has 0 spiro atoms. The summed E-state index contributed by atoms with van der Waals surface area (Å²) in [6.07, 6.45) is 2.77. The first kappa shape index (κ1) is 22.7. The highest BCUT2D eigenvalue weighted by molar-refractivity contribution is 6.00. The van der Waals surface area contributed by atoms with Gasteiger partial charge in [-0.25, -0.2) is 14.3 Å². The number of aromatic nitrogens is 4. The van der Waals surface area contributed by atoms with Gasteiger partial charge in [-0.1, -0.05) is 12.6 Å². The minimum absolute atomic E-state index is 0.257. The van der Waals surface area contributed by atoms with Crippen LogP contribution in [0.2, 0.25) is 0 Å². The van der Waals surface area contributed by atoms with E-state index in [1.54, 1.807) is 44.6 Å². The first-order valence-electron chi connectivity index (χ1n) is 10.5. The Morgan fingerprint density at radius 1 is 1.24 bits per heavy atom. The van der Waals surface area contributed by atoms with Crippen molar-refractivity contribution in [2.24, 2.45) is 0 Å². The topological polar surface area (TPSA) is 114 Å². The number of amides is 1. The standard InChI is InChI=1S/C24H24N6O4/c1-4-21(31)29(2)17-6-5-7-18(14-17)30-22-20(27-24(30)32)15-25-23(28-22)26-16-8-10-19(11-9-16)34-13-12-33-3/h4-11,14-15H,1,12-13H2,2-3H3,(H,27,32)(H,25,26,28). The summed E-state index contributed by atoms with van der Waals surface area (Å²) in [4.78, 5) is 37.8. The zero-order chi connectivity index (χ0) is 24.1. The average molecular weight is 460 g/mol. The molecule has 0 radical (unpaired) electrons. The first-order valence-corrected chi connectivity index (χ1v) is 10.5. The molecule has 0 aliphatic rings. The van der Waals surface area contributed by atoms with Crippen molar-refractivity contribution >= 4 is 34.4 Å². The van der Waals surface area contributed by atoms with Gasteiger partial charge in [-0.15, -0.1) is 0 Å². The van der Waals surface area contributed by atoms with Crippen molar-refractivity contribution in [3.63, 3.8) is 0 Å². The Morgan fingerprint density at radius 2 is 2.03 bits per heavy atom. The summed E-state index contributed by atoms with van der Waals surface area (Å²) < 4.78 is 12.0. The highest BCUT2D eigenvalue weighted by atomic mass is 16.5. The van der Waals surface area contributed by atoms with Crippen LogP contribution in [0.3, 0.4) is 0 Å². The Bertz CT molecular complexity index is 1380. The number of ether oxygens (including phenoxy) is 2. The van der Waals surface area contributed by atoms with Gasteiger partial charge in [0, 0.05) is 25.5 Å². The Hall–Kier alpha value is -4.44. The van der Waals surface area contributed by atoms with E-state index >= 15 is 0 Å². The third kappa shape index (κ3) is 4.81. The van der Waals surface area contributed by atoms with Crippen LogP contribution in [-0.4, -0.2) is 52.8 Å². The van der Waals surface area contributed by atoms with Gasteiger partial charge in [-0.05, 0) is 48.5 Å². The predicted molar refractivity (Wildman–Crippen MR) is 130 cm³/mol. The van der Waals surface area contributed by atoms with Crippen LogP contribution >= 0.6 is 0 Å². The van der Waals surface area contributed by atoms with E-state index in [1.165, 1.54) is 15.5 Å². The molecule has 0 atom stereocenters. The number of hydrogen-bond acceptors (Lipinski definition) is 7. The van der Waals surface area contributed by atoms with Crippen molar-refractivity contribution < 1.29 is 14.3 Å². The summed E-state index contributed by atoms with van der Waals surface area (Å²) in [5.41, 5.74) is 2.45. The molecule has 0 aliphatic carbocycles. The van der Waals surface area contributed by atoms with Gasteiger partial charge in [-0.3, -0.25) is 4.79 Å². The van der Waals surface area contributed by atoms with Crippen LogP contribution < -0.4 is 20.6 Å². The number of nitrogens with one attached hydrogen (secondary N) is 2. The summed E-state index contributed by atoms with van der Waals surface area (Å²) in [6.45, 7) is 4.49. The number of fused-ring (bicyclic) bond motifs is 1. The molecule has 0 aliphatic heterocycles. The number of imidazole rings is 1. The van der Waals surface area contributed by atoms with Crippen molar-refractivity contribution in [3.05, 3.63) is 77.9 Å². The van der Waals surface area contributed by atoms with E-state index in [9.17, 15) is 9.59 Å². The van der Waals surface area contributed by atoms with Crippen molar-refractivity contribution in [1.82, 2.24) is 19.5 Å². The van der Waals surface area contributed by atoms with E-state index in [0.29, 0.717) is 41.7 Å². The lowest BCUT2D eigenvalue weighted by Gasteiger charge is -2.16. The summed E-state index contributed by atoms with van der Waals surface area (Å²) in [5.74, 6) is 0.786. The maximum Gasteiger partial charge on any atom is 0.332 e. The molecule has 0 unspecified atom stereocenters. The van der Waals surface area contributed by atoms with Crippen LogP contribution in [-0.2, 0) is 9.53 Å². The molecule has 4 aromatic rings. The van der Waals surface area contributed by atoms with E-state index in [-0.39, 0.29) is 11.6 Å². The zero-order valence-electron chi connectivity index (χ0n) is 18.8. The number of likely N-dealkylation sites (N-methyl/N-ethyl adjacent to an activating group) is 1. The maximum atomic E-state index is 12.7. The summed E-state index contributed by atoms with van der Waals surface area (Å²) in [5, 5.41) is 3.13. The number of carbonyl (C=O) groups is 1. The van der Waals surface area contributed by atoms with Gasteiger partial charge in [0.25, 0.3) is 0 Å². The third-order valence-electron chi connectivity index (χ3n) is 5.07. The molecule has 174 valence electrons. The van der Waals surface area contributed by atoms with Crippen LogP contribution in [0.1, 0.15) is 0 Å². The maximum absolute atomic E-state index is 12.7. The lowest BCUT2D eigenvalue weighted by Crippen LogP contribution is -2.24. The number of hydrogen-bond donors (Lipinski definition) is 2. The second-order valence-electron chi connectivity index (χ2n) is 7.31. The number of carbonyl (C=O) groups excluding carboxylic acids is 1. The lowest BCUT2D eigenvalue weighted by atomic mass is 10.2. The molecule has 0 saturated heterocycles. The van der Waals surface area contributed by atoms with E-state index in [0.717, 1.165) is 11.4 Å². The molecule has 1 amide bonds. The van der Waals surface area contributed by atoms with Crippen LogP contribution in [0.4, 0.5) is 17.3 Å². The quantitative estimate of drug-likeness (QED) is 0.291. The smallest absolute Gasteiger partial charge is 0.332 e. The molecule has 2 aromatic heterocycles. The molecule has 2 heterocycles. The van der Waals surface area contributed by atoms with E-state index < -0.39 is 0 Å². The number of aromatic amines is 1. The van der Waals surface area contributed by atoms with Gasteiger partial charge in [0.1, 0.15) is 17.9 Å². The number of H-pyrrole nitrogens is 1. The highest BCUT2D eigenvalue weighted by Crippen LogP contribution is 2.22. The normalized spacial score (nSPS) is 10.8. The molecule has 10 nitrogen and oxygen atoms in total. The van der Waals surface area contributed by atoms with E-state index in [1.807, 2.05) is 24.3 Å². The fraction of sp³-hybridized carbons (Fsp3) is 0.167. The molecule has 34 heavy (non-hydrogen) atoms. The molecule has 2 N–H and O–H groups in total. The highest BCUT2D eigenvalue weighted by Gasteiger charge is 2.14. The Balaban J connectivity index is 1.62. The monoisotopic (exact) mass is 460 g/mol. The molecule has 0 saturated carbocycles. The van der Waals surface area contributed by atoms with Crippen molar-refractivity contribution in [3.8, 4) is 11.4 Å². The SMILES string of the molecule is C=CC(=O)N(C)c1cccc(-n2c(=O)[nH]c3cnc(Nc4ccc(OCCOC)cc4)nc32)c1. The average Bonchev–Trinajstić information content (AvgIpc) is 3.19.